The number of benzene rings is 2. The average Bonchev–Trinajstić information content (AvgIpc) is 2.63. The van der Waals surface area contributed by atoms with E-state index in [0.29, 0.717) is 46.8 Å². The first-order valence-electron chi connectivity index (χ1n) is 8.09. The fourth-order valence-electron chi connectivity index (χ4n) is 2.58. The number of hydrogen-bond acceptors (Lipinski definition) is 3. The molecule has 0 spiro atoms. The van der Waals surface area contributed by atoms with Crippen LogP contribution >= 0.6 is 11.6 Å². The highest BCUT2D eigenvalue weighted by Crippen LogP contribution is 2.18. The second kappa shape index (κ2) is 8.12. The van der Waals surface area contributed by atoms with Gasteiger partial charge in [-0.15, -0.1) is 0 Å². The van der Waals surface area contributed by atoms with Gasteiger partial charge in [-0.2, -0.15) is 0 Å². The topological polar surface area (TPSA) is 74.0 Å². The molecule has 0 fully saturated rings. The van der Waals surface area contributed by atoms with Crippen LogP contribution in [-0.4, -0.2) is 24.0 Å². The lowest BCUT2D eigenvalue weighted by atomic mass is 10.2. The van der Waals surface area contributed by atoms with E-state index in [4.69, 9.17) is 11.6 Å². The molecule has 2 aromatic carbocycles. The van der Waals surface area contributed by atoms with Gasteiger partial charge >= 0.3 is 0 Å². The Bertz CT molecular complexity index is 986. The number of nitrogens with one attached hydrogen (secondary N) is 3. The Balaban J connectivity index is 1.51. The second-order valence-electron chi connectivity index (χ2n) is 5.76. The van der Waals surface area contributed by atoms with E-state index in [1.54, 1.807) is 18.2 Å². The zero-order valence-electron chi connectivity index (χ0n) is 13.8. The molecule has 3 N–H and O–H groups in total. The van der Waals surface area contributed by atoms with Crippen LogP contribution in [0.1, 0.15) is 16.1 Å². The summed E-state index contributed by atoms with van der Waals surface area (Å²) in [7, 11) is 0. The Labute approximate surface area is 154 Å². The number of hydrogen-bond donors (Lipinski definition) is 3. The Morgan fingerprint density at radius 3 is 2.65 bits per heavy atom. The maximum atomic E-state index is 12.8. The molecule has 26 heavy (non-hydrogen) atoms. The number of H-pyrrole nitrogens is 1. The fourth-order valence-corrected chi connectivity index (χ4v) is 2.80. The lowest BCUT2D eigenvalue weighted by Crippen LogP contribution is -2.31. The fraction of sp³-hybridized carbons (Fsp3) is 0.158. The van der Waals surface area contributed by atoms with Crippen LogP contribution in [0.3, 0.4) is 0 Å². The zero-order valence-corrected chi connectivity index (χ0v) is 14.6. The summed E-state index contributed by atoms with van der Waals surface area (Å²) < 4.78 is 12.8. The Hall–Kier alpha value is -2.70. The minimum Gasteiger partial charge on any atom is -0.356 e. The molecule has 0 aliphatic heterocycles. The summed E-state index contributed by atoms with van der Waals surface area (Å²) >= 11 is 6.13. The molecule has 3 rings (SSSR count). The van der Waals surface area contributed by atoms with Crippen LogP contribution in [0.5, 0.6) is 0 Å². The van der Waals surface area contributed by atoms with Crippen molar-refractivity contribution in [2.75, 3.05) is 13.1 Å². The summed E-state index contributed by atoms with van der Waals surface area (Å²) in [6, 6.07) is 12.1. The molecule has 3 aromatic rings. The van der Waals surface area contributed by atoms with Crippen LogP contribution in [0.2, 0.25) is 5.02 Å². The number of carbonyl (C=O) groups is 1. The van der Waals surface area contributed by atoms with Crippen LogP contribution in [0.25, 0.3) is 10.9 Å². The highest BCUT2D eigenvalue weighted by Gasteiger charge is 2.06. The number of halogens is 2. The molecule has 1 heterocycles. The number of para-hydroxylation sites is 1. The van der Waals surface area contributed by atoms with Crippen molar-refractivity contribution in [3.63, 3.8) is 0 Å². The van der Waals surface area contributed by atoms with Crippen LogP contribution < -0.4 is 16.1 Å². The van der Waals surface area contributed by atoms with Crippen molar-refractivity contribution in [1.29, 1.82) is 0 Å². The van der Waals surface area contributed by atoms with Crippen LogP contribution in [-0.2, 0) is 6.54 Å². The molecule has 0 radical (unpaired) electrons. The van der Waals surface area contributed by atoms with Crippen molar-refractivity contribution in [3.8, 4) is 0 Å². The predicted octanol–water partition coefficient (Wildman–Crippen LogP) is 2.84. The second-order valence-corrected chi connectivity index (χ2v) is 6.17. The number of amides is 1. The van der Waals surface area contributed by atoms with Gasteiger partial charge in [0.2, 0.25) is 0 Å². The molecule has 0 bridgehead atoms. The van der Waals surface area contributed by atoms with Gasteiger partial charge in [0.1, 0.15) is 5.82 Å². The zero-order chi connectivity index (χ0) is 18.5. The molecule has 0 aliphatic rings. The molecule has 0 aliphatic carbocycles. The highest BCUT2D eigenvalue weighted by atomic mass is 35.5. The van der Waals surface area contributed by atoms with E-state index in [-0.39, 0.29) is 17.2 Å². The lowest BCUT2D eigenvalue weighted by Gasteiger charge is -2.08. The number of rotatable bonds is 6. The molecule has 134 valence electrons. The van der Waals surface area contributed by atoms with Gasteiger partial charge in [0, 0.05) is 42.3 Å². The smallest absolute Gasteiger partial charge is 0.251 e. The maximum absolute atomic E-state index is 12.8. The predicted molar refractivity (Wildman–Crippen MR) is 100 cm³/mol. The van der Waals surface area contributed by atoms with Gasteiger partial charge in [0.05, 0.1) is 10.5 Å². The summed E-state index contributed by atoms with van der Waals surface area (Å²) in [5.41, 5.74) is 1.63. The van der Waals surface area contributed by atoms with Crippen molar-refractivity contribution in [2.24, 2.45) is 0 Å². The van der Waals surface area contributed by atoms with E-state index in [2.05, 4.69) is 15.6 Å². The molecule has 0 unspecified atom stereocenters. The Kier molecular flexibility index (Phi) is 5.65. The third-order valence-corrected chi connectivity index (χ3v) is 4.19. The van der Waals surface area contributed by atoms with E-state index in [0.717, 1.165) is 0 Å². The minimum atomic E-state index is -0.382. The molecule has 0 saturated carbocycles. The summed E-state index contributed by atoms with van der Waals surface area (Å²) in [4.78, 5) is 27.2. The van der Waals surface area contributed by atoms with Gasteiger partial charge in [-0.1, -0.05) is 17.7 Å². The van der Waals surface area contributed by atoms with Crippen molar-refractivity contribution in [1.82, 2.24) is 15.6 Å². The number of pyridine rings is 1. The van der Waals surface area contributed by atoms with Gasteiger partial charge in [0.15, 0.2) is 5.43 Å². The summed E-state index contributed by atoms with van der Waals surface area (Å²) in [6.07, 6.45) is 0. The van der Waals surface area contributed by atoms with E-state index in [1.807, 2.05) is 0 Å². The molecular formula is C19H17ClFN3O2. The van der Waals surface area contributed by atoms with Gasteiger partial charge in [0.25, 0.3) is 5.91 Å². The molecule has 0 atom stereocenters. The Morgan fingerprint density at radius 1 is 1.12 bits per heavy atom. The van der Waals surface area contributed by atoms with Crippen molar-refractivity contribution in [3.05, 3.63) is 80.9 Å². The third-order valence-electron chi connectivity index (χ3n) is 3.88. The van der Waals surface area contributed by atoms with Crippen LogP contribution in [0.15, 0.2) is 53.3 Å². The van der Waals surface area contributed by atoms with E-state index < -0.39 is 0 Å². The van der Waals surface area contributed by atoms with Gasteiger partial charge in [-0.05, 0) is 36.4 Å². The molecule has 1 aromatic heterocycles. The SMILES string of the molecule is O=C(NCCNCc1cc(=O)c2cccc(Cl)c2[nH]1)c1ccc(F)cc1. The molecule has 5 nitrogen and oxygen atoms in total. The van der Waals surface area contributed by atoms with E-state index in [1.165, 1.54) is 30.3 Å². The largest absolute Gasteiger partial charge is 0.356 e. The van der Waals surface area contributed by atoms with Crippen LogP contribution in [0, 0.1) is 5.82 Å². The number of fused-ring (bicyclic) bond motifs is 1. The van der Waals surface area contributed by atoms with Crippen LogP contribution in [0.4, 0.5) is 4.39 Å². The van der Waals surface area contributed by atoms with Crippen molar-refractivity contribution < 1.29 is 9.18 Å². The van der Waals surface area contributed by atoms with Crippen molar-refractivity contribution >= 4 is 28.4 Å². The average molecular weight is 374 g/mol. The summed E-state index contributed by atoms with van der Waals surface area (Å²) in [5.74, 6) is -0.648. The first kappa shape index (κ1) is 18.1. The standard InChI is InChI=1S/C19H17ClFN3O2/c20-16-3-1-2-15-17(25)10-14(24-18(15)16)11-22-8-9-23-19(26)12-4-6-13(21)7-5-12/h1-7,10,22H,8-9,11H2,(H,23,26)(H,24,25). The molecular weight excluding hydrogens is 357 g/mol. The first-order valence-corrected chi connectivity index (χ1v) is 8.47. The number of carbonyl (C=O) groups excluding carboxylic acids is 1. The number of aromatic nitrogens is 1. The lowest BCUT2D eigenvalue weighted by molar-refractivity contribution is 0.0954. The maximum Gasteiger partial charge on any atom is 0.251 e. The number of aromatic amines is 1. The summed E-state index contributed by atoms with van der Waals surface area (Å²) in [5, 5.41) is 6.92. The minimum absolute atomic E-state index is 0.0948. The Morgan fingerprint density at radius 2 is 1.88 bits per heavy atom. The van der Waals surface area contributed by atoms with E-state index >= 15 is 0 Å². The molecule has 7 heteroatoms. The quantitative estimate of drug-likeness (QED) is 0.582. The van der Waals surface area contributed by atoms with Crippen molar-refractivity contribution in [2.45, 2.75) is 6.54 Å². The first-order chi connectivity index (χ1) is 12.5. The molecule has 1 amide bonds. The normalized spacial score (nSPS) is 10.8. The third kappa shape index (κ3) is 4.28. The summed E-state index contributed by atoms with van der Waals surface area (Å²) in [6.45, 7) is 1.34. The highest BCUT2D eigenvalue weighted by molar-refractivity contribution is 6.35. The van der Waals surface area contributed by atoms with Gasteiger partial charge in [-0.3, -0.25) is 9.59 Å². The van der Waals surface area contributed by atoms with E-state index in [9.17, 15) is 14.0 Å². The molecule has 0 saturated heterocycles. The van der Waals surface area contributed by atoms with Gasteiger partial charge in [-0.25, -0.2) is 4.39 Å². The van der Waals surface area contributed by atoms with Gasteiger partial charge < -0.3 is 15.6 Å². The monoisotopic (exact) mass is 373 g/mol.